The van der Waals surface area contributed by atoms with E-state index in [1.165, 1.54) is 24.3 Å². The summed E-state index contributed by atoms with van der Waals surface area (Å²) in [7, 11) is 0. The van der Waals surface area contributed by atoms with Crippen molar-refractivity contribution in [1.29, 1.82) is 0 Å². The molecule has 0 heterocycles. The van der Waals surface area contributed by atoms with E-state index in [0.29, 0.717) is 5.56 Å². The van der Waals surface area contributed by atoms with Crippen LogP contribution in [-0.2, 0) is 0 Å². The first-order chi connectivity index (χ1) is 6.63. The SMILES string of the molecule is C#C/C(F)=C/c1ccc([N+](=O)[O-])cc1. The van der Waals surface area contributed by atoms with Crippen molar-refractivity contribution in [1.82, 2.24) is 0 Å². The van der Waals surface area contributed by atoms with Crippen LogP contribution in [0.5, 0.6) is 0 Å². The second-order valence-electron chi connectivity index (χ2n) is 2.49. The van der Waals surface area contributed by atoms with Crippen LogP contribution in [0.25, 0.3) is 6.08 Å². The van der Waals surface area contributed by atoms with Crippen molar-refractivity contribution in [3.8, 4) is 12.3 Å². The van der Waals surface area contributed by atoms with Gasteiger partial charge in [0.2, 0.25) is 0 Å². The molecule has 0 aliphatic carbocycles. The van der Waals surface area contributed by atoms with Crippen molar-refractivity contribution in [3.05, 3.63) is 45.8 Å². The van der Waals surface area contributed by atoms with Crippen molar-refractivity contribution in [2.45, 2.75) is 0 Å². The van der Waals surface area contributed by atoms with Crippen LogP contribution in [-0.4, -0.2) is 4.92 Å². The molecule has 0 spiro atoms. The molecule has 4 heteroatoms. The van der Waals surface area contributed by atoms with E-state index < -0.39 is 10.8 Å². The second kappa shape index (κ2) is 4.19. The summed E-state index contributed by atoms with van der Waals surface area (Å²) in [4.78, 5) is 9.75. The van der Waals surface area contributed by atoms with Gasteiger partial charge in [-0.15, -0.1) is 6.42 Å². The summed E-state index contributed by atoms with van der Waals surface area (Å²) in [6.07, 6.45) is 5.93. The number of non-ortho nitro benzene ring substituents is 1. The van der Waals surface area contributed by atoms with Crippen LogP contribution in [0.4, 0.5) is 10.1 Å². The Labute approximate surface area is 80.0 Å². The molecule has 0 aliphatic heterocycles. The van der Waals surface area contributed by atoms with Gasteiger partial charge in [-0.05, 0) is 29.7 Å². The number of terminal acetylenes is 1. The molecule has 0 fully saturated rings. The van der Waals surface area contributed by atoms with Gasteiger partial charge in [0.25, 0.3) is 5.69 Å². The van der Waals surface area contributed by atoms with Gasteiger partial charge < -0.3 is 0 Å². The zero-order valence-corrected chi connectivity index (χ0v) is 7.11. The first-order valence-electron chi connectivity index (χ1n) is 3.72. The average molecular weight is 191 g/mol. The monoisotopic (exact) mass is 191 g/mol. The van der Waals surface area contributed by atoms with E-state index in [2.05, 4.69) is 0 Å². The maximum absolute atomic E-state index is 12.6. The van der Waals surface area contributed by atoms with Gasteiger partial charge >= 0.3 is 0 Å². The molecule has 0 bridgehead atoms. The third-order valence-electron chi connectivity index (χ3n) is 1.54. The fourth-order valence-electron chi connectivity index (χ4n) is 0.880. The van der Waals surface area contributed by atoms with Crippen molar-refractivity contribution in [2.24, 2.45) is 0 Å². The Morgan fingerprint density at radius 2 is 2.07 bits per heavy atom. The summed E-state index contributed by atoms with van der Waals surface area (Å²) in [5.41, 5.74) is 0.453. The molecule has 1 aromatic rings. The molecule has 70 valence electrons. The number of rotatable bonds is 2. The highest BCUT2D eigenvalue weighted by atomic mass is 19.1. The molecular formula is C10H6FNO2. The number of nitro groups is 1. The van der Waals surface area contributed by atoms with Crippen LogP contribution in [0.15, 0.2) is 30.1 Å². The molecule has 0 atom stereocenters. The predicted molar refractivity (Wildman–Crippen MR) is 51.0 cm³/mol. The Morgan fingerprint density at radius 3 is 2.50 bits per heavy atom. The van der Waals surface area contributed by atoms with Gasteiger partial charge in [0, 0.05) is 12.1 Å². The average Bonchev–Trinajstić information content (AvgIpc) is 2.18. The van der Waals surface area contributed by atoms with Crippen LogP contribution in [0, 0.1) is 22.5 Å². The van der Waals surface area contributed by atoms with E-state index >= 15 is 0 Å². The lowest BCUT2D eigenvalue weighted by Crippen LogP contribution is -1.86. The summed E-state index contributed by atoms with van der Waals surface area (Å²) >= 11 is 0. The lowest BCUT2D eigenvalue weighted by atomic mass is 10.2. The largest absolute Gasteiger partial charge is 0.269 e. The van der Waals surface area contributed by atoms with Gasteiger partial charge in [0.05, 0.1) is 4.92 Å². The number of benzene rings is 1. The molecule has 0 unspecified atom stereocenters. The molecular weight excluding hydrogens is 185 g/mol. The molecule has 0 aromatic heterocycles. The number of allylic oxidation sites excluding steroid dienone is 1. The topological polar surface area (TPSA) is 43.1 Å². The van der Waals surface area contributed by atoms with Crippen molar-refractivity contribution in [2.75, 3.05) is 0 Å². The lowest BCUT2D eigenvalue weighted by molar-refractivity contribution is -0.384. The van der Waals surface area contributed by atoms with Gasteiger partial charge in [-0.3, -0.25) is 10.1 Å². The van der Waals surface area contributed by atoms with Gasteiger partial charge in [-0.1, -0.05) is 0 Å². The standard InChI is InChI=1S/C10H6FNO2/c1-2-9(11)7-8-3-5-10(6-4-8)12(13)14/h1,3-7H/b9-7-. The van der Waals surface area contributed by atoms with E-state index in [1.807, 2.05) is 5.92 Å². The second-order valence-corrected chi connectivity index (χ2v) is 2.49. The summed E-state index contributed by atoms with van der Waals surface area (Å²) in [6.45, 7) is 0. The van der Waals surface area contributed by atoms with Crippen molar-refractivity contribution < 1.29 is 9.31 Å². The predicted octanol–water partition coefficient (Wildman–Crippen LogP) is 2.54. The highest BCUT2D eigenvalue weighted by Crippen LogP contribution is 2.14. The Bertz CT molecular complexity index is 415. The van der Waals surface area contributed by atoms with E-state index in [-0.39, 0.29) is 5.69 Å². The molecule has 1 rings (SSSR count). The quantitative estimate of drug-likeness (QED) is 0.409. The Balaban J connectivity index is 2.96. The number of nitro benzene ring substituents is 1. The number of halogens is 1. The van der Waals surface area contributed by atoms with Crippen molar-refractivity contribution in [3.63, 3.8) is 0 Å². The highest BCUT2D eigenvalue weighted by Gasteiger charge is 2.02. The summed E-state index contributed by atoms with van der Waals surface area (Å²) in [6, 6.07) is 5.43. The Kier molecular flexibility index (Phi) is 2.97. The molecule has 0 saturated heterocycles. The van der Waals surface area contributed by atoms with Gasteiger partial charge in [-0.2, -0.15) is 4.39 Å². The molecule has 0 N–H and O–H groups in total. The third kappa shape index (κ3) is 2.42. The van der Waals surface area contributed by atoms with Crippen LogP contribution in [0.2, 0.25) is 0 Å². The minimum Gasteiger partial charge on any atom is -0.258 e. The zero-order chi connectivity index (χ0) is 10.6. The minimum absolute atomic E-state index is 0.0386. The smallest absolute Gasteiger partial charge is 0.258 e. The highest BCUT2D eigenvalue weighted by molar-refractivity contribution is 5.56. The van der Waals surface area contributed by atoms with E-state index in [9.17, 15) is 14.5 Å². The first-order valence-corrected chi connectivity index (χ1v) is 3.72. The molecule has 14 heavy (non-hydrogen) atoms. The molecule has 1 aromatic carbocycles. The van der Waals surface area contributed by atoms with Crippen LogP contribution in [0.1, 0.15) is 5.56 Å². The van der Waals surface area contributed by atoms with Gasteiger partial charge in [-0.25, -0.2) is 0 Å². The maximum Gasteiger partial charge on any atom is 0.269 e. The number of hydrogen-bond acceptors (Lipinski definition) is 2. The Hall–Kier alpha value is -2.15. The first kappa shape index (κ1) is 9.93. The fourth-order valence-corrected chi connectivity index (χ4v) is 0.880. The third-order valence-corrected chi connectivity index (χ3v) is 1.54. The molecule has 3 nitrogen and oxygen atoms in total. The molecule has 0 saturated carbocycles. The fraction of sp³-hybridized carbons (Fsp3) is 0. The van der Waals surface area contributed by atoms with E-state index in [1.54, 1.807) is 0 Å². The van der Waals surface area contributed by atoms with E-state index in [0.717, 1.165) is 6.08 Å². The molecule has 0 radical (unpaired) electrons. The summed E-state index contributed by atoms with van der Waals surface area (Å²) in [5.74, 6) is 1.10. The summed E-state index contributed by atoms with van der Waals surface area (Å²) in [5, 5.41) is 10.3. The Morgan fingerprint density at radius 1 is 1.50 bits per heavy atom. The number of nitrogens with zero attached hydrogens (tertiary/aromatic N) is 1. The van der Waals surface area contributed by atoms with Gasteiger partial charge in [0.15, 0.2) is 5.83 Å². The normalized spacial score (nSPS) is 10.7. The van der Waals surface area contributed by atoms with Crippen LogP contribution in [0.3, 0.4) is 0 Å². The van der Waals surface area contributed by atoms with Crippen LogP contribution >= 0.6 is 0 Å². The summed E-state index contributed by atoms with van der Waals surface area (Å²) < 4.78 is 12.6. The van der Waals surface area contributed by atoms with Crippen LogP contribution < -0.4 is 0 Å². The van der Waals surface area contributed by atoms with Crippen molar-refractivity contribution >= 4 is 11.8 Å². The maximum atomic E-state index is 12.6. The van der Waals surface area contributed by atoms with E-state index in [4.69, 9.17) is 6.42 Å². The van der Waals surface area contributed by atoms with Gasteiger partial charge in [0.1, 0.15) is 0 Å². The molecule has 0 amide bonds. The minimum atomic E-state index is -0.709. The lowest BCUT2D eigenvalue weighted by Gasteiger charge is -1.92. The number of hydrogen-bond donors (Lipinski definition) is 0. The zero-order valence-electron chi connectivity index (χ0n) is 7.11. The molecule has 0 aliphatic rings.